The van der Waals surface area contributed by atoms with Gasteiger partial charge in [0.2, 0.25) is 18.1 Å². The van der Waals surface area contributed by atoms with Crippen LogP contribution in [0.2, 0.25) is 0 Å². The molecule has 2 unspecified atom stereocenters. The highest BCUT2D eigenvalue weighted by atomic mass is 16.3. The highest BCUT2D eigenvalue weighted by Gasteiger charge is 2.30. The van der Waals surface area contributed by atoms with Gasteiger partial charge in [0.05, 0.1) is 6.54 Å². The molecule has 1 aromatic heterocycles. The maximum atomic E-state index is 13.2. The molecule has 3 aromatic carbocycles. The van der Waals surface area contributed by atoms with E-state index in [-0.39, 0.29) is 18.6 Å². The minimum atomic E-state index is -0.531. The smallest absolute Gasteiger partial charge is 0.249 e. The molecule has 43 heavy (non-hydrogen) atoms. The normalized spacial score (nSPS) is 15.9. The van der Waals surface area contributed by atoms with E-state index in [2.05, 4.69) is 31.3 Å². The number of aliphatic hydroxyl groups is 1. The molecule has 0 saturated heterocycles. The molecule has 3 atom stereocenters. The monoisotopic (exact) mass is 584 g/mol. The number of aromatic amines is 1. The number of rotatable bonds is 11. The molecule has 6 N–H and O–H groups in total. The number of hydrogen-bond acceptors (Lipinski definition) is 8. The number of aryl methyl sites for hydroxylation is 1. The molecule has 0 bridgehead atoms. The Bertz CT molecular complexity index is 1440. The van der Waals surface area contributed by atoms with E-state index in [4.69, 9.17) is 10.8 Å². The van der Waals surface area contributed by atoms with Gasteiger partial charge in [-0.05, 0) is 73.2 Å². The van der Waals surface area contributed by atoms with Crippen molar-refractivity contribution in [3.63, 3.8) is 0 Å². The summed E-state index contributed by atoms with van der Waals surface area (Å²) < 4.78 is 0. The zero-order valence-corrected chi connectivity index (χ0v) is 24.6. The van der Waals surface area contributed by atoms with Crippen molar-refractivity contribution in [2.75, 3.05) is 18.1 Å². The molecule has 0 radical (unpaired) electrons. The fourth-order valence-electron chi connectivity index (χ4n) is 4.89. The SMILES string of the molecule is CC(N)C(C)NCCCO.O=CN[C@@H]1CCc2ccccc2N(Cc2ccc(-c3ccccc3-c3nn[nH]n3)cc2)C1=O. The zero-order valence-electron chi connectivity index (χ0n) is 24.6. The predicted molar refractivity (Wildman–Crippen MR) is 167 cm³/mol. The van der Waals surface area contributed by atoms with Crippen LogP contribution in [0.4, 0.5) is 5.69 Å². The molecule has 2 heterocycles. The van der Waals surface area contributed by atoms with Gasteiger partial charge in [-0.1, -0.05) is 66.7 Å². The van der Waals surface area contributed by atoms with E-state index in [1.807, 2.05) is 86.6 Å². The van der Waals surface area contributed by atoms with Crippen molar-refractivity contribution in [3.05, 3.63) is 83.9 Å². The number of carbonyl (C=O) groups is 2. The average molecular weight is 585 g/mol. The van der Waals surface area contributed by atoms with Gasteiger partial charge in [-0.3, -0.25) is 9.59 Å². The van der Waals surface area contributed by atoms with Crippen molar-refractivity contribution in [1.82, 2.24) is 31.3 Å². The molecule has 1 aliphatic rings. The van der Waals surface area contributed by atoms with Crippen molar-refractivity contribution in [2.24, 2.45) is 5.73 Å². The average Bonchev–Trinajstić information content (AvgIpc) is 3.54. The van der Waals surface area contributed by atoms with E-state index in [0.717, 1.165) is 52.9 Å². The topological polar surface area (TPSA) is 162 Å². The van der Waals surface area contributed by atoms with Gasteiger partial charge in [-0.2, -0.15) is 5.21 Å². The Hall–Kier alpha value is -4.45. The molecule has 4 aromatic rings. The van der Waals surface area contributed by atoms with Crippen molar-refractivity contribution < 1.29 is 14.7 Å². The maximum Gasteiger partial charge on any atom is 0.249 e. The van der Waals surface area contributed by atoms with Gasteiger partial charge < -0.3 is 26.4 Å². The highest BCUT2D eigenvalue weighted by Crippen LogP contribution is 2.31. The van der Waals surface area contributed by atoms with Crippen LogP contribution in [0.3, 0.4) is 0 Å². The third kappa shape index (κ3) is 8.31. The first-order valence-electron chi connectivity index (χ1n) is 14.5. The number of aliphatic hydroxyl groups excluding tert-OH is 1. The third-order valence-corrected chi connectivity index (χ3v) is 7.53. The molecule has 11 nitrogen and oxygen atoms in total. The predicted octanol–water partition coefficient (Wildman–Crippen LogP) is 2.82. The van der Waals surface area contributed by atoms with Crippen molar-refractivity contribution >= 4 is 18.0 Å². The van der Waals surface area contributed by atoms with E-state index in [1.165, 1.54) is 0 Å². The Morgan fingerprint density at radius 2 is 1.79 bits per heavy atom. The summed E-state index contributed by atoms with van der Waals surface area (Å²) in [5.41, 5.74) is 11.5. The Morgan fingerprint density at radius 3 is 2.47 bits per heavy atom. The standard InChI is InChI=1S/C25H22N6O2.C7H18N2O/c32-16-26-22-14-13-19-5-1-4-8-23(19)31(25(22)33)15-17-9-11-18(12-10-17)20-6-2-3-7-21(20)24-27-29-30-28-24;1-6(8)7(2)9-4-3-5-10/h1-12,16,22H,13-15H2,(H,26,32)(H,27,28,29,30);6-7,9-10H,3-5,8H2,1-2H3/t22-;/m1./s1. The van der Waals surface area contributed by atoms with Gasteiger partial charge in [-0.15, -0.1) is 10.2 Å². The highest BCUT2D eigenvalue weighted by molar-refractivity contribution is 5.99. The minimum absolute atomic E-state index is 0.0985. The van der Waals surface area contributed by atoms with Gasteiger partial charge >= 0.3 is 0 Å². The molecule has 0 fully saturated rings. The zero-order chi connectivity index (χ0) is 30.6. The van der Waals surface area contributed by atoms with Gasteiger partial charge in [0, 0.05) is 29.9 Å². The van der Waals surface area contributed by atoms with Crippen molar-refractivity contribution in [2.45, 2.75) is 57.8 Å². The lowest BCUT2D eigenvalue weighted by Crippen LogP contribution is -2.45. The first kappa shape index (κ1) is 31.5. The molecule has 226 valence electrons. The number of anilines is 1. The lowest BCUT2D eigenvalue weighted by molar-refractivity contribution is -0.123. The van der Waals surface area contributed by atoms with Crippen LogP contribution in [0.1, 0.15) is 37.8 Å². The van der Waals surface area contributed by atoms with Crippen LogP contribution < -0.4 is 21.3 Å². The summed E-state index contributed by atoms with van der Waals surface area (Å²) in [6.45, 7) is 5.52. The van der Waals surface area contributed by atoms with Crippen LogP contribution >= 0.6 is 0 Å². The Morgan fingerprint density at radius 1 is 1.07 bits per heavy atom. The lowest BCUT2D eigenvalue weighted by atomic mass is 9.98. The second-order valence-electron chi connectivity index (χ2n) is 10.6. The number of benzene rings is 3. The summed E-state index contributed by atoms with van der Waals surface area (Å²) in [5.74, 6) is 0.439. The summed E-state index contributed by atoms with van der Waals surface area (Å²) >= 11 is 0. The number of nitrogens with zero attached hydrogens (tertiary/aromatic N) is 4. The molecule has 0 aliphatic carbocycles. The number of nitrogens with two attached hydrogens (primary N) is 1. The summed E-state index contributed by atoms with van der Waals surface area (Å²) in [7, 11) is 0. The molecule has 2 amide bonds. The first-order valence-corrected chi connectivity index (χ1v) is 14.5. The van der Waals surface area contributed by atoms with Crippen molar-refractivity contribution in [3.8, 4) is 22.5 Å². The first-order chi connectivity index (χ1) is 20.9. The fourth-order valence-corrected chi connectivity index (χ4v) is 4.89. The summed E-state index contributed by atoms with van der Waals surface area (Å²) in [5, 5.41) is 28.7. The maximum absolute atomic E-state index is 13.2. The third-order valence-electron chi connectivity index (χ3n) is 7.53. The molecule has 5 rings (SSSR count). The number of carbonyl (C=O) groups excluding carboxylic acids is 2. The van der Waals surface area contributed by atoms with Crippen LogP contribution in [-0.4, -0.2) is 69.3 Å². The Labute approximate surface area is 251 Å². The van der Waals surface area contributed by atoms with Crippen LogP contribution in [0.25, 0.3) is 22.5 Å². The number of H-pyrrole nitrogens is 1. The number of nitrogens with one attached hydrogen (secondary N) is 3. The Kier molecular flexibility index (Phi) is 11.5. The Balaban J connectivity index is 0.000000365. The van der Waals surface area contributed by atoms with E-state index < -0.39 is 6.04 Å². The molecular formula is C32H40N8O3. The van der Waals surface area contributed by atoms with Gasteiger partial charge in [0.1, 0.15) is 6.04 Å². The van der Waals surface area contributed by atoms with Crippen LogP contribution in [0.5, 0.6) is 0 Å². The molecule has 1 aliphatic heterocycles. The van der Waals surface area contributed by atoms with Crippen molar-refractivity contribution in [1.29, 1.82) is 0 Å². The summed E-state index contributed by atoms with van der Waals surface area (Å²) in [4.78, 5) is 26.1. The summed E-state index contributed by atoms with van der Waals surface area (Å²) in [6.07, 6.45) is 2.72. The van der Waals surface area contributed by atoms with Gasteiger partial charge in [0.15, 0.2) is 0 Å². The number of aromatic nitrogens is 4. The lowest BCUT2D eigenvalue weighted by Gasteiger charge is -2.26. The quantitative estimate of drug-likeness (QED) is 0.133. The van der Waals surface area contributed by atoms with E-state index in [0.29, 0.717) is 31.2 Å². The number of amides is 2. The largest absolute Gasteiger partial charge is 0.396 e. The molecule has 0 spiro atoms. The molecule has 0 saturated carbocycles. The molecular weight excluding hydrogens is 544 g/mol. The van der Waals surface area contributed by atoms with Gasteiger partial charge in [0.25, 0.3) is 0 Å². The fraction of sp³-hybridized carbons (Fsp3) is 0.344. The number of fused-ring (bicyclic) bond motifs is 1. The number of para-hydroxylation sites is 1. The van der Waals surface area contributed by atoms with Gasteiger partial charge in [-0.25, -0.2) is 0 Å². The van der Waals surface area contributed by atoms with Crippen LogP contribution in [-0.2, 0) is 22.6 Å². The molecule has 11 heteroatoms. The second kappa shape index (κ2) is 15.7. The number of tetrazole rings is 1. The van der Waals surface area contributed by atoms with Crippen LogP contribution in [0.15, 0.2) is 72.8 Å². The number of hydrogen-bond donors (Lipinski definition) is 5. The van der Waals surface area contributed by atoms with Crippen LogP contribution in [0, 0.1) is 0 Å². The van der Waals surface area contributed by atoms with E-state index >= 15 is 0 Å². The summed E-state index contributed by atoms with van der Waals surface area (Å²) in [6, 6.07) is 23.9. The van der Waals surface area contributed by atoms with E-state index in [1.54, 1.807) is 4.90 Å². The minimum Gasteiger partial charge on any atom is -0.396 e. The van der Waals surface area contributed by atoms with E-state index in [9.17, 15) is 9.59 Å². The second-order valence-corrected chi connectivity index (χ2v) is 10.6.